The second-order valence-corrected chi connectivity index (χ2v) is 5.23. The summed E-state index contributed by atoms with van der Waals surface area (Å²) < 4.78 is 0.337. The van der Waals surface area contributed by atoms with Crippen LogP contribution in [0, 0.1) is 0 Å². The van der Waals surface area contributed by atoms with E-state index in [-0.39, 0.29) is 0 Å². The van der Waals surface area contributed by atoms with Gasteiger partial charge in [0, 0.05) is 28.4 Å². The van der Waals surface area contributed by atoms with Crippen molar-refractivity contribution < 1.29 is 0 Å². The molecule has 4 heteroatoms. The summed E-state index contributed by atoms with van der Waals surface area (Å²) >= 11 is 13.2. The van der Waals surface area contributed by atoms with Crippen molar-refractivity contribution in [2.75, 3.05) is 19.3 Å². The van der Waals surface area contributed by atoms with Gasteiger partial charge in [-0.25, -0.2) is 0 Å². The van der Waals surface area contributed by atoms with Crippen LogP contribution >= 0.6 is 35.0 Å². The molecule has 0 saturated heterocycles. The summed E-state index contributed by atoms with van der Waals surface area (Å²) in [6.45, 7) is 6.08. The molecule has 0 radical (unpaired) electrons. The van der Waals surface area contributed by atoms with E-state index < -0.39 is 0 Å². The number of rotatable bonds is 7. The van der Waals surface area contributed by atoms with Crippen LogP contribution in [0.5, 0.6) is 0 Å². The van der Waals surface area contributed by atoms with Crippen LogP contribution < -0.4 is 5.32 Å². The number of nitrogens with one attached hydrogen (secondary N) is 1. The van der Waals surface area contributed by atoms with Gasteiger partial charge in [-0.3, -0.25) is 0 Å². The zero-order valence-electron chi connectivity index (χ0n) is 9.07. The zero-order chi connectivity index (χ0) is 11.0. The molecule has 1 N–H and O–H groups in total. The molecule has 0 fully saturated rings. The van der Waals surface area contributed by atoms with Crippen molar-refractivity contribution in [2.45, 2.75) is 31.4 Å². The van der Waals surface area contributed by atoms with Crippen LogP contribution in [0.2, 0.25) is 0 Å². The Morgan fingerprint density at radius 2 is 2.00 bits per heavy atom. The third kappa shape index (κ3) is 4.92. The maximum absolute atomic E-state index is 5.78. The molecule has 14 heavy (non-hydrogen) atoms. The molecular formula is C10H19Cl2NS. The molecule has 0 aromatic rings. The SMILES string of the molecule is CCC(CC)(CNCC(Cl)=CCl)SC. The molecule has 0 rings (SSSR count). The van der Waals surface area contributed by atoms with Crippen LogP contribution in [0.1, 0.15) is 26.7 Å². The van der Waals surface area contributed by atoms with Crippen LogP contribution in [-0.2, 0) is 0 Å². The minimum Gasteiger partial charge on any atom is -0.310 e. The Hall–Kier alpha value is 0.630. The molecule has 0 saturated carbocycles. The molecule has 0 aromatic heterocycles. The van der Waals surface area contributed by atoms with Crippen molar-refractivity contribution in [1.29, 1.82) is 0 Å². The molecule has 0 atom stereocenters. The number of hydrogen-bond donors (Lipinski definition) is 1. The largest absolute Gasteiger partial charge is 0.310 e. The lowest BCUT2D eigenvalue weighted by Gasteiger charge is -2.29. The number of thioether (sulfide) groups is 1. The summed E-state index contributed by atoms with van der Waals surface area (Å²) in [5.74, 6) is 0. The Balaban J connectivity index is 3.94. The zero-order valence-corrected chi connectivity index (χ0v) is 11.4. The Labute approximate surface area is 102 Å². The van der Waals surface area contributed by atoms with Gasteiger partial charge >= 0.3 is 0 Å². The molecule has 84 valence electrons. The van der Waals surface area contributed by atoms with E-state index in [0.29, 0.717) is 16.3 Å². The number of halogens is 2. The Morgan fingerprint density at radius 1 is 1.43 bits per heavy atom. The second-order valence-electron chi connectivity index (χ2n) is 3.25. The summed E-state index contributed by atoms with van der Waals surface area (Å²) in [6.07, 6.45) is 4.49. The smallest absolute Gasteiger partial charge is 0.0431 e. The first-order chi connectivity index (χ1) is 6.64. The van der Waals surface area contributed by atoms with E-state index in [9.17, 15) is 0 Å². The molecule has 0 unspecified atom stereocenters. The van der Waals surface area contributed by atoms with Crippen molar-refractivity contribution >= 4 is 35.0 Å². The Bertz CT molecular complexity index is 171. The van der Waals surface area contributed by atoms with E-state index in [2.05, 4.69) is 25.4 Å². The van der Waals surface area contributed by atoms with Gasteiger partial charge in [-0.1, -0.05) is 37.0 Å². The topological polar surface area (TPSA) is 12.0 Å². The van der Waals surface area contributed by atoms with Gasteiger partial charge in [-0.15, -0.1) is 0 Å². The summed E-state index contributed by atoms with van der Waals surface area (Å²) in [6, 6.07) is 0. The predicted molar refractivity (Wildman–Crippen MR) is 69.5 cm³/mol. The van der Waals surface area contributed by atoms with Gasteiger partial charge in [0.05, 0.1) is 0 Å². The van der Waals surface area contributed by atoms with E-state index in [1.807, 2.05) is 11.8 Å². The van der Waals surface area contributed by atoms with E-state index in [4.69, 9.17) is 23.2 Å². The first kappa shape index (κ1) is 14.6. The predicted octanol–water partition coefficient (Wildman–Crippen LogP) is 3.82. The summed E-state index contributed by atoms with van der Waals surface area (Å²) in [7, 11) is 0. The minimum atomic E-state index is 0.337. The molecule has 0 bridgehead atoms. The van der Waals surface area contributed by atoms with Gasteiger partial charge in [0.2, 0.25) is 0 Å². The average molecular weight is 256 g/mol. The highest BCUT2D eigenvalue weighted by Crippen LogP contribution is 2.29. The maximum atomic E-state index is 5.78. The van der Waals surface area contributed by atoms with E-state index in [1.54, 1.807) is 0 Å². The van der Waals surface area contributed by atoms with E-state index in [1.165, 1.54) is 18.4 Å². The second kappa shape index (κ2) is 7.86. The lowest BCUT2D eigenvalue weighted by molar-refractivity contribution is 0.508. The average Bonchev–Trinajstić information content (AvgIpc) is 2.25. The quantitative estimate of drug-likeness (QED) is 0.743. The van der Waals surface area contributed by atoms with E-state index >= 15 is 0 Å². The van der Waals surface area contributed by atoms with Gasteiger partial charge in [-0.05, 0) is 19.1 Å². The van der Waals surface area contributed by atoms with Crippen LogP contribution in [-0.4, -0.2) is 24.1 Å². The maximum Gasteiger partial charge on any atom is 0.0431 e. The molecule has 0 heterocycles. The lowest BCUT2D eigenvalue weighted by atomic mass is 10.0. The molecule has 0 amide bonds. The van der Waals surface area contributed by atoms with Crippen LogP contribution in [0.15, 0.2) is 10.6 Å². The van der Waals surface area contributed by atoms with Crippen molar-refractivity contribution in [1.82, 2.24) is 5.32 Å². The van der Waals surface area contributed by atoms with Crippen LogP contribution in [0.3, 0.4) is 0 Å². The molecule has 0 aliphatic carbocycles. The normalized spacial score (nSPS) is 13.4. The number of hydrogen-bond acceptors (Lipinski definition) is 2. The van der Waals surface area contributed by atoms with Gasteiger partial charge < -0.3 is 5.32 Å². The third-order valence-electron chi connectivity index (χ3n) is 2.58. The third-order valence-corrected chi connectivity index (χ3v) is 4.79. The van der Waals surface area contributed by atoms with Crippen molar-refractivity contribution in [2.24, 2.45) is 0 Å². The molecule has 0 spiro atoms. The first-order valence-corrected chi connectivity index (χ1v) is 6.88. The Kier molecular flexibility index (Phi) is 8.22. The van der Waals surface area contributed by atoms with Gasteiger partial charge in [0.15, 0.2) is 0 Å². The summed E-state index contributed by atoms with van der Waals surface area (Å²) in [5, 5.41) is 3.99. The lowest BCUT2D eigenvalue weighted by Crippen LogP contribution is -2.37. The standard InChI is InChI=1S/C10H19Cl2NS/c1-4-10(5-2,14-3)8-13-7-9(12)6-11/h6,13H,4-5,7-8H2,1-3H3. The first-order valence-electron chi connectivity index (χ1n) is 4.84. The highest BCUT2D eigenvalue weighted by atomic mass is 35.5. The highest BCUT2D eigenvalue weighted by Gasteiger charge is 2.23. The monoisotopic (exact) mass is 255 g/mol. The molecule has 0 aliphatic heterocycles. The fraction of sp³-hybridized carbons (Fsp3) is 0.800. The van der Waals surface area contributed by atoms with Crippen LogP contribution in [0.4, 0.5) is 0 Å². The molecule has 0 aromatic carbocycles. The Morgan fingerprint density at radius 3 is 2.36 bits per heavy atom. The van der Waals surface area contributed by atoms with Gasteiger partial charge in [0.1, 0.15) is 0 Å². The van der Waals surface area contributed by atoms with Gasteiger partial charge in [0.25, 0.3) is 0 Å². The molecule has 0 aliphatic rings. The minimum absolute atomic E-state index is 0.337. The summed E-state index contributed by atoms with van der Waals surface area (Å²) in [4.78, 5) is 0. The summed E-state index contributed by atoms with van der Waals surface area (Å²) in [5.41, 5.74) is 1.41. The van der Waals surface area contributed by atoms with Crippen molar-refractivity contribution in [3.8, 4) is 0 Å². The van der Waals surface area contributed by atoms with Crippen LogP contribution in [0.25, 0.3) is 0 Å². The van der Waals surface area contributed by atoms with Crippen molar-refractivity contribution in [3.05, 3.63) is 10.6 Å². The van der Waals surface area contributed by atoms with Gasteiger partial charge in [-0.2, -0.15) is 11.8 Å². The van der Waals surface area contributed by atoms with E-state index in [0.717, 1.165) is 6.54 Å². The molecule has 1 nitrogen and oxygen atoms in total. The molecular weight excluding hydrogens is 237 g/mol. The highest BCUT2D eigenvalue weighted by molar-refractivity contribution is 8.00. The fourth-order valence-corrected chi connectivity index (χ4v) is 2.30. The van der Waals surface area contributed by atoms with Crippen molar-refractivity contribution in [3.63, 3.8) is 0 Å². The fourth-order valence-electron chi connectivity index (χ4n) is 1.31.